The number of amides is 1. The molecule has 0 bridgehead atoms. The van der Waals surface area contributed by atoms with Crippen LogP contribution in [0.1, 0.15) is 62.8 Å². The van der Waals surface area contributed by atoms with Crippen LogP contribution >= 0.6 is 11.3 Å². The minimum atomic E-state index is -0.382. The highest BCUT2D eigenvalue weighted by atomic mass is 32.1. The molecule has 1 aliphatic rings. The summed E-state index contributed by atoms with van der Waals surface area (Å²) in [6.45, 7) is 0. The molecule has 0 aliphatic heterocycles. The number of carbonyl (C=O) groups excluding carboxylic acids is 1. The van der Waals surface area contributed by atoms with Gasteiger partial charge in [-0.2, -0.15) is 0 Å². The van der Waals surface area contributed by atoms with Gasteiger partial charge < -0.3 is 10.4 Å². The Bertz CT molecular complexity index is 652. The summed E-state index contributed by atoms with van der Waals surface area (Å²) in [6, 6.07) is 8.14. The molecule has 0 spiro atoms. The minimum Gasteiger partial charge on any atom is -0.391 e. The monoisotopic (exact) mass is 360 g/mol. The number of aromatic nitrogens is 1. The van der Waals surface area contributed by atoms with E-state index in [1.54, 1.807) is 11.3 Å². The zero-order valence-electron chi connectivity index (χ0n) is 14.7. The van der Waals surface area contributed by atoms with E-state index < -0.39 is 0 Å². The molecular formula is C20H28N2O2S. The van der Waals surface area contributed by atoms with Gasteiger partial charge in [-0.15, -0.1) is 11.3 Å². The summed E-state index contributed by atoms with van der Waals surface area (Å²) in [6.07, 6.45) is 9.20. The summed E-state index contributed by atoms with van der Waals surface area (Å²) in [5.74, 6) is 0.0777. The highest BCUT2D eigenvalue weighted by Crippen LogP contribution is 2.23. The molecule has 0 saturated heterocycles. The first-order chi connectivity index (χ1) is 12.2. The van der Waals surface area contributed by atoms with Crippen LogP contribution < -0.4 is 5.32 Å². The van der Waals surface area contributed by atoms with E-state index in [1.165, 1.54) is 17.5 Å². The number of hydrogen-bond acceptors (Lipinski definition) is 4. The number of nitrogens with zero attached hydrogens (tertiary/aromatic N) is 1. The van der Waals surface area contributed by atoms with Crippen molar-refractivity contribution in [3.8, 4) is 0 Å². The molecule has 1 heterocycles. The molecule has 2 N–H and O–H groups in total. The maximum atomic E-state index is 12.2. The van der Waals surface area contributed by atoms with Crippen LogP contribution in [-0.4, -0.2) is 28.1 Å². The normalized spacial score (nSPS) is 21.6. The van der Waals surface area contributed by atoms with Gasteiger partial charge in [-0.05, 0) is 44.2 Å². The predicted molar refractivity (Wildman–Crippen MR) is 103 cm³/mol. The van der Waals surface area contributed by atoms with Crippen molar-refractivity contribution in [2.24, 2.45) is 0 Å². The topological polar surface area (TPSA) is 62.2 Å². The fraction of sp³-hybridized carbons (Fsp3) is 0.600. The number of aryl methyl sites for hydroxylation is 1. The molecule has 1 amide bonds. The highest BCUT2D eigenvalue weighted by molar-refractivity contribution is 7.18. The lowest BCUT2D eigenvalue weighted by atomic mass is 9.94. The smallest absolute Gasteiger partial charge is 0.220 e. The van der Waals surface area contributed by atoms with Crippen molar-refractivity contribution in [2.75, 3.05) is 0 Å². The van der Waals surface area contributed by atoms with Crippen LogP contribution in [0.25, 0.3) is 10.2 Å². The zero-order chi connectivity index (χ0) is 17.5. The quantitative estimate of drug-likeness (QED) is 0.759. The molecule has 2 aromatic rings. The van der Waals surface area contributed by atoms with E-state index in [0.29, 0.717) is 6.42 Å². The highest BCUT2D eigenvalue weighted by Gasteiger charge is 2.22. The van der Waals surface area contributed by atoms with Crippen LogP contribution in [0.2, 0.25) is 0 Å². The van der Waals surface area contributed by atoms with Gasteiger partial charge in [0, 0.05) is 6.42 Å². The maximum Gasteiger partial charge on any atom is 0.220 e. The van der Waals surface area contributed by atoms with E-state index in [1.807, 2.05) is 18.2 Å². The predicted octanol–water partition coefficient (Wildman–Crippen LogP) is 4.21. The largest absolute Gasteiger partial charge is 0.391 e. The lowest BCUT2D eigenvalue weighted by molar-refractivity contribution is -0.123. The maximum absolute atomic E-state index is 12.2. The molecule has 136 valence electrons. The van der Waals surface area contributed by atoms with Crippen LogP contribution in [-0.2, 0) is 11.2 Å². The van der Waals surface area contributed by atoms with Crippen LogP contribution in [0, 0.1) is 0 Å². The van der Waals surface area contributed by atoms with Crippen LogP contribution in [0.15, 0.2) is 24.3 Å². The molecule has 25 heavy (non-hydrogen) atoms. The molecule has 1 saturated carbocycles. The number of aliphatic hydroxyl groups is 1. The van der Waals surface area contributed by atoms with Crippen molar-refractivity contribution in [1.29, 1.82) is 0 Å². The molecule has 0 unspecified atom stereocenters. The van der Waals surface area contributed by atoms with E-state index in [-0.39, 0.29) is 18.1 Å². The van der Waals surface area contributed by atoms with Crippen molar-refractivity contribution < 1.29 is 9.90 Å². The van der Waals surface area contributed by atoms with Crippen LogP contribution in [0.3, 0.4) is 0 Å². The van der Waals surface area contributed by atoms with E-state index in [2.05, 4.69) is 16.4 Å². The number of hydrogen-bond donors (Lipinski definition) is 2. The number of unbranched alkanes of at least 4 members (excludes halogenated alkanes) is 1. The molecule has 1 aromatic carbocycles. The van der Waals surface area contributed by atoms with E-state index in [4.69, 9.17) is 0 Å². The number of fused-ring (bicyclic) bond motifs is 1. The molecule has 1 fully saturated rings. The number of aliphatic hydroxyl groups excluding tert-OH is 1. The number of para-hydroxylation sites is 1. The van der Waals surface area contributed by atoms with Crippen molar-refractivity contribution in [1.82, 2.24) is 10.3 Å². The Labute approximate surface area is 153 Å². The average Bonchev–Trinajstić information content (AvgIpc) is 3.01. The number of nitrogens with one attached hydrogen (secondary N) is 1. The fourth-order valence-electron chi connectivity index (χ4n) is 3.50. The van der Waals surface area contributed by atoms with Gasteiger partial charge in [0.2, 0.25) is 5.91 Å². The van der Waals surface area contributed by atoms with E-state index >= 15 is 0 Å². The first-order valence-corrected chi connectivity index (χ1v) is 10.4. The molecule has 1 aromatic heterocycles. The van der Waals surface area contributed by atoms with Gasteiger partial charge in [-0.25, -0.2) is 4.98 Å². The minimum absolute atomic E-state index is 0.0583. The summed E-state index contributed by atoms with van der Waals surface area (Å²) in [5, 5.41) is 14.4. The Morgan fingerprint density at radius 2 is 1.96 bits per heavy atom. The Balaban J connectivity index is 1.38. The lowest BCUT2D eigenvalue weighted by Gasteiger charge is -2.26. The second-order valence-corrected chi connectivity index (χ2v) is 8.13. The summed E-state index contributed by atoms with van der Waals surface area (Å²) in [4.78, 5) is 16.8. The van der Waals surface area contributed by atoms with Gasteiger partial charge in [-0.1, -0.05) is 37.8 Å². The SMILES string of the molecule is O=C(CCCCc1nc2ccccc2s1)N[C@H]1CCCCCC[C@@H]1O. The Kier molecular flexibility index (Phi) is 6.82. The standard InChI is InChI=1S/C20H28N2O2S/c23-17-11-4-2-1-3-9-15(17)21-19(24)13-7-8-14-20-22-16-10-5-6-12-18(16)25-20/h5-6,10,12,15,17,23H,1-4,7-9,11,13-14H2,(H,21,24)/t15-,17-/m0/s1. The Morgan fingerprint density at radius 1 is 1.16 bits per heavy atom. The molecule has 2 atom stereocenters. The van der Waals surface area contributed by atoms with Crippen molar-refractivity contribution >= 4 is 27.5 Å². The van der Waals surface area contributed by atoms with Gasteiger partial charge in [0.25, 0.3) is 0 Å². The summed E-state index contributed by atoms with van der Waals surface area (Å²) in [5.41, 5.74) is 1.07. The first kappa shape index (κ1) is 18.3. The molecule has 5 heteroatoms. The van der Waals surface area contributed by atoms with Crippen LogP contribution in [0.5, 0.6) is 0 Å². The van der Waals surface area contributed by atoms with Crippen molar-refractivity contribution in [2.45, 2.75) is 76.4 Å². The summed E-state index contributed by atoms with van der Waals surface area (Å²) < 4.78 is 1.23. The third-order valence-corrected chi connectivity index (χ3v) is 6.05. The third kappa shape index (κ3) is 5.51. The molecular weight excluding hydrogens is 332 g/mol. The average molecular weight is 361 g/mol. The number of thiazole rings is 1. The van der Waals surface area contributed by atoms with E-state index in [9.17, 15) is 9.90 Å². The number of rotatable bonds is 6. The van der Waals surface area contributed by atoms with Gasteiger partial charge in [0.05, 0.1) is 27.4 Å². The summed E-state index contributed by atoms with van der Waals surface area (Å²) >= 11 is 1.74. The Hall–Kier alpha value is -1.46. The van der Waals surface area contributed by atoms with Crippen LogP contribution in [0.4, 0.5) is 0 Å². The van der Waals surface area contributed by atoms with Crippen molar-refractivity contribution in [3.63, 3.8) is 0 Å². The number of carbonyl (C=O) groups is 1. The number of benzene rings is 1. The Morgan fingerprint density at radius 3 is 2.80 bits per heavy atom. The zero-order valence-corrected chi connectivity index (χ0v) is 15.6. The van der Waals surface area contributed by atoms with E-state index in [0.717, 1.165) is 55.5 Å². The van der Waals surface area contributed by atoms with Gasteiger partial charge in [-0.3, -0.25) is 4.79 Å². The first-order valence-electron chi connectivity index (χ1n) is 9.54. The van der Waals surface area contributed by atoms with Gasteiger partial charge in [0.15, 0.2) is 0 Å². The molecule has 3 rings (SSSR count). The summed E-state index contributed by atoms with van der Waals surface area (Å²) in [7, 11) is 0. The molecule has 1 aliphatic carbocycles. The second-order valence-electron chi connectivity index (χ2n) is 7.02. The fourth-order valence-corrected chi connectivity index (χ4v) is 4.51. The van der Waals surface area contributed by atoms with Gasteiger partial charge in [0.1, 0.15) is 0 Å². The van der Waals surface area contributed by atoms with Gasteiger partial charge >= 0.3 is 0 Å². The molecule has 0 radical (unpaired) electrons. The lowest BCUT2D eigenvalue weighted by Crippen LogP contribution is -2.43. The third-order valence-electron chi connectivity index (χ3n) is 4.96. The van der Waals surface area contributed by atoms with Crippen molar-refractivity contribution in [3.05, 3.63) is 29.3 Å². The second kappa shape index (κ2) is 9.30. The molecule has 4 nitrogen and oxygen atoms in total.